The van der Waals surface area contributed by atoms with E-state index >= 15 is 0 Å². The van der Waals surface area contributed by atoms with Crippen LogP contribution in [0.15, 0.2) is 65.6 Å². The molecule has 0 radical (unpaired) electrons. The van der Waals surface area contributed by atoms with Gasteiger partial charge in [-0.05, 0) is 50.6 Å². The van der Waals surface area contributed by atoms with Crippen LogP contribution in [0.3, 0.4) is 0 Å². The van der Waals surface area contributed by atoms with Crippen LogP contribution in [0.2, 0.25) is 0 Å². The molecule has 7 heteroatoms. The topological polar surface area (TPSA) is 68.9 Å². The van der Waals surface area contributed by atoms with Crippen molar-refractivity contribution in [2.75, 3.05) is 5.32 Å². The van der Waals surface area contributed by atoms with Gasteiger partial charge in [0.25, 0.3) is 5.56 Å². The Kier molecular flexibility index (Phi) is 5.42. The number of benzene rings is 2. The first-order chi connectivity index (χ1) is 14.9. The molecule has 2 aromatic carbocycles. The Morgan fingerprint density at radius 1 is 1.10 bits per heavy atom. The Labute approximate surface area is 178 Å². The molecule has 0 spiro atoms. The number of halogens is 1. The van der Waals surface area contributed by atoms with E-state index < -0.39 is 11.9 Å². The van der Waals surface area contributed by atoms with Crippen LogP contribution in [-0.2, 0) is 4.79 Å². The number of carbonyl (C=O) groups is 1. The third kappa shape index (κ3) is 3.63. The monoisotopic (exact) mass is 418 g/mol. The third-order valence-electron chi connectivity index (χ3n) is 5.55. The highest BCUT2D eigenvalue weighted by molar-refractivity contribution is 5.95. The first-order valence-electron chi connectivity index (χ1n) is 10.1. The van der Waals surface area contributed by atoms with Crippen molar-refractivity contribution in [2.45, 2.75) is 33.2 Å². The minimum Gasteiger partial charge on any atom is -0.335 e. The Bertz CT molecular complexity index is 1320. The Hall–Kier alpha value is -3.74. The van der Waals surface area contributed by atoms with Crippen molar-refractivity contribution in [2.24, 2.45) is 0 Å². The summed E-state index contributed by atoms with van der Waals surface area (Å²) in [7, 11) is 0. The lowest BCUT2D eigenvalue weighted by Gasteiger charge is -2.20. The van der Waals surface area contributed by atoms with Crippen molar-refractivity contribution in [3.05, 3.63) is 88.4 Å². The van der Waals surface area contributed by atoms with E-state index in [-0.39, 0.29) is 11.5 Å². The van der Waals surface area contributed by atoms with E-state index in [2.05, 4.69) is 10.4 Å². The van der Waals surface area contributed by atoms with Crippen LogP contribution in [0.1, 0.15) is 30.8 Å². The van der Waals surface area contributed by atoms with Crippen LogP contribution in [0.4, 0.5) is 10.1 Å². The zero-order valence-electron chi connectivity index (χ0n) is 17.6. The number of nitrogens with one attached hydrogen (secondary N) is 1. The molecule has 0 saturated heterocycles. The fraction of sp³-hybridized carbons (Fsp3) is 0.208. The molecular formula is C24H23FN4O2. The molecule has 31 heavy (non-hydrogen) atoms. The summed E-state index contributed by atoms with van der Waals surface area (Å²) in [5.41, 5.74) is 2.33. The first-order valence-corrected chi connectivity index (χ1v) is 10.1. The number of hydrogen-bond acceptors (Lipinski definition) is 3. The highest BCUT2D eigenvalue weighted by atomic mass is 19.1. The Balaban J connectivity index is 1.80. The van der Waals surface area contributed by atoms with E-state index in [1.54, 1.807) is 18.3 Å². The van der Waals surface area contributed by atoms with Crippen LogP contribution in [-0.4, -0.2) is 20.3 Å². The molecule has 6 nitrogen and oxygen atoms in total. The molecule has 0 unspecified atom stereocenters. The van der Waals surface area contributed by atoms with Crippen molar-refractivity contribution in [1.82, 2.24) is 14.3 Å². The number of carbonyl (C=O) groups excluding carboxylic acids is 1. The maximum atomic E-state index is 13.5. The second-order valence-electron chi connectivity index (χ2n) is 7.45. The molecule has 0 aliphatic rings. The van der Waals surface area contributed by atoms with Gasteiger partial charge in [-0.15, -0.1) is 0 Å². The average Bonchev–Trinajstić information content (AvgIpc) is 3.01. The lowest BCUT2D eigenvalue weighted by atomic mass is 10.1. The van der Waals surface area contributed by atoms with Crippen molar-refractivity contribution in [3.8, 4) is 5.69 Å². The van der Waals surface area contributed by atoms with Gasteiger partial charge in [-0.2, -0.15) is 9.78 Å². The predicted octanol–water partition coefficient (Wildman–Crippen LogP) is 4.53. The third-order valence-corrected chi connectivity index (χ3v) is 5.55. The van der Waals surface area contributed by atoms with Gasteiger partial charge in [-0.1, -0.05) is 31.2 Å². The smallest absolute Gasteiger partial charge is 0.281 e. The molecule has 2 aromatic heterocycles. The summed E-state index contributed by atoms with van der Waals surface area (Å²) in [5, 5.41) is 8.38. The highest BCUT2D eigenvalue weighted by Crippen LogP contribution is 2.28. The van der Waals surface area contributed by atoms with Gasteiger partial charge in [-0.3, -0.25) is 9.59 Å². The number of rotatable bonds is 5. The molecule has 1 amide bonds. The molecule has 4 rings (SSSR count). The molecule has 1 N–H and O–H groups in total. The largest absolute Gasteiger partial charge is 0.335 e. The fourth-order valence-electron chi connectivity index (χ4n) is 4.08. The molecule has 1 atom stereocenters. The second-order valence-corrected chi connectivity index (χ2v) is 7.45. The Morgan fingerprint density at radius 3 is 2.52 bits per heavy atom. The zero-order valence-corrected chi connectivity index (χ0v) is 17.6. The minimum atomic E-state index is -0.555. The van der Waals surface area contributed by atoms with Crippen LogP contribution in [0.5, 0.6) is 0 Å². The van der Waals surface area contributed by atoms with Crippen LogP contribution < -0.4 is 10.9 Å². The molecule has 0 bridgehead atoms. The summed E-state index contributed by atoms with van der Waals surface area (Å²) < 4.78 is 16.8. The summed E-state index contributed by atoms with van der Waals surface area (Å²) in [6.45, 7) is 5.62. The fourth-order valence-corrected chi connectivity index (χ4v) is 4.08. The van der Waals surface area contributed by atoms with E-state index in [1.165, 1.54) is 16.8 Å². The number of para-hydroxylation sites is 1. The van der Waals surface area contributed by atoms with Gasteiger partial charge in [0.05, 0.1) is 17.3 Å². The van der Waals surface area contributed by atoms with Crippen molar-refractivity contribution < 1.29 is 9.18 Å². The molecule has 0 fully saturated rings. The summed E-state index contributed by atoms with van der Waals surface area (Å²) >= 11 is 0. The normalized spacial score (nSPS) is 12.1. The number of nitrogens with zero attached hydrogens (tertiary/aromatic N) is 3. The standard InChI is InChI=1S/C24H23FN4O2/c1-4-21(23(30)27-18-10-8-9-17(25)13-18)28-15(2)20-14-26-29(19-11-6-5-7-12-19)24(31)22(20)16(28)3/h5-14,21H,4H2,1-3H3,(H,27,30)/t21-/m0/s1. The number of anilines is 1. The number of amides is 1. The van der Waals surface area contributed by atoms with Gasteiger partial charge in [0.15, 0.2) is 0 Å². The van der Waals surface area contributed by atoms with Gasteiger partial charge in [0.1, 0.15) is 11.9 Å². The number of hydrogen-bond donors (Lipinski definition) is 1. The number of fused-ring (bicyclic) bond motifs is 1. The predicted molar refractivity (Wildman–Crippen MR) is 119 cm³/mol. The molecule has 0 aliphatic heterocycles. The van der Waals surface area contributed by atoms with E-state index in [0.717, 1.165) is 5.69 Å². The molecular weight excluding hydrogens is 395 g/mol. The van der Waals surface area contributed by atoms with Crippen molar-refractivity contribution in [3.63, 3.8) is 0 Å². The van der Waals surface area contributed by atoms with E-state index in [1.807, 2.05) is 55.7 Å². The van der Waals surface area contributed by atoms with Gasteiger partial charge < -0.3 is 9.88 Å². The molecule has 0 saturated carbocycles. The van der Waals surface area contributed by atoms with Gasteiger partial charge >= 0.3 is 0 Å². The van der Waals surface area contributed by atoms with E-state index in [4.69, 9.17) is 0 Å². The van der Waals surface area contributed by atoms with Crippen LogP contribution in [0.25, 0.3) is 16.5 Å². The summed E-state index contributed by atoms with van der Waals surface area (Å²) in [4.78, 5) is 26.3. The lowest BCUT2D eigenvalue weighted by Crippen LogP contribution is -2.27. The van der Waals surface area contributed by atoms with Gasteiger partial charge in [0.2, 0.25) is 5.91 Å². The minimum absolute atomic E-state index is 0.233. The SMILES string of the molecule is CC[C@@H](C(=O)Nc1cccc(F)c1)n1c(C)c2cnn(-c3ccccc3)c(=O)c2c1C. The average molecular weight is 418 g/mol. The van der Waals surface area contributed by atoms with Gasteiger partial charge in [0, 0.05) is 22.5 Å². The molecule has 0 aliphatic carbocycles. The summed E-state index contributed by atoms with van der Waals surface area (Å²) in [6.07, 6.45) is 2.17. The highest BCUT2D eigenvalue weighted by Gasteiger charge is 2.26. The quantitative estimate of drug-likeness (QED) is 0.518. The second kappa shape index (κ2) is 8.18. The Morgan fingerprint density at radius 2 is 1.84 bits per heavy atom. The zero-order chi connectivity index (χ0) is 22.1. The summed E-state index contributed by atoms with van der Waals surface area (Å²) in [5.74, 6) is -0.687. The van der Waals surface area contributed by atoms with E-state index in [0.29, 0.717) is 34.3 Å². The number of aryl methyl sites for hydroxylation is 2. The van der Waals surface area contributed by atoms with Crippen molar-refractivity contribution in [1.29, 1.82) is 0 Å². The molecule has 2 heterocycles. The maximum Gasteiger partial charge on any atom is 0.281 e. The molecule has 4 aromatic rings. The van der Waals surface area contributed by atoms with E-state index in [9.17, 15) is 14.0 Å². The van der Waals surface area contributed by atoms with Crippen LogP contribution >= 0.6 is 0 Å². The first kappa shape index (κ1) is 20.5. The summed E-state index contributed by atoms with van der Waals surface area (Å²) in [6, 6.07) is 14.4. The number of aromatic nitrogens is 3. The lowest BCUT2D eigenvalue weighted by molar-refractivity contribution is -0.119. The van der Waals surface area contributed by atoms with Crippen molar-refractivity contribution >= 4 is 22.4 Å². The van der Waals surface area contributed by atoms with Gasteiger partial charge in [-0.25, -0.2) is 4.39 Å². The molecule has 158 valence electrons. The maximum absolute atomic E-state index is 13.5. The van der Waals surface area contributed by atoms with Crippen LogP contribution in [0, 0.1) is 19.7 Å².